The molecule has 0 unspecified atom stereocenters. The Morgan fingerprint density at radius 2 is 2.27 bits per heavy atom. The van der Waals surface area contributed by atoms with Crippen molar-refractivity contribution in [2.24, 2.45) is 0 Å². The molecule has 3 nitrogen and oxygen atoms in total. The Hall–Kier alpha value is -1.53. The summed E-state index contributed by atoms with van der Waals surface area (Å²) >= 11 is 5.88. The fraction of sp³-hybridized carbons (Fsp3) is 0.273. The molecule has 0 amide bonds. The van der Waals surface area contributed by atoms with E-state index in [1.807, 2.05) is 13.0 Å². The van der Waals surface area contributed by atoms with E-state index in [9.17, 15) is 4.79 Å². The normalized spacial score (nSPS) is 9.47. The van der Waals surface area contributed by atoms with Crippen LogP contribution in [0.3, 0.4) is 0 Å². The van der Waals surface area contributed by atoms with Gasteiger partial charge in [-0.1, -0.05) is 18.5 Å². The predicted molar refractivity (Wildman–Crippen MR) is 56.9 cm³/mol. The van der Waals surface area contributed by atoms with Crippen LogP contribution >= 0.6 is 11.6 Å². The summed E-state index contributed by atoms with van der Waals surface area (Å²) in [5.74, 6) is -0.448. The second-order valence-electron chi connectivity index (χ2n) is 2.95. The van der Waals surface area contributed by atoms with Crippen LogP contribution in [0.25, 0.3) is 0 Å². The molecule has 1 rings (SSSR count). The molecule has 0 aliphatic heterocycles. The van der Waals surface area contributed by atoms with Crippen LogP contribution in [0.4, 0.5) is 0 Å². The van der Waals surface area contributed by atoms with Crippen molar-refractivity contribution in [2.75, 3.05) is 7.11 Å². The first-order valence-corrected chi connectivity index (χ1v) is 4.82. The highest BCUT2D eigenvalue weighted by molar-refractivity contribution is 6.32. The van der Waals surface area contributed by atoms with Gasteiger partial charge in [0, 0.05) is 0 Å². The van der Waals surface area contributed by atoms with E-state index in [0.717, 1.165) is 5.56 Å². The van der Waals surface area contributed by atoms with Gasteiger partial charge in [0.2, 0.25) is 0 Å². The quantitative estimate of drug-likeness (QED) is 0.724. The number of methoxy groups -OCH3 is 1. The molecule has 0 atom stereocenters. The van der Waals surface area contributed by atoms with Gasteiger partial charge in [-0.3, -0.25) is 0 Å². The molecule has 0 bridgehead atoms. The maximum absolute atomic E-state index is 11.3. The summed E-state index contributed by atoms with van der Waals surface area (Å²) in [7, 11) is 1.31. The lowest BCUT2D eigenvalue weighted by Crippen LogP contribution is -2.03. The Bertz CT molecular complexity index is 435. The van der Waals surface area contributed by atoms with Crippen LogP contribution in [-0.4, -0.2) is 13.1 Å². The number of nitrogens with zero attached hydrogens (tertiary/aromatic N) is 1. The number of halogens is 1. The molecule has 0 fully saturated rings. The number of benzene rings is 1. The van der Waals surface area contributed by atoms with Crippen molar-refractivity contribution in [2.45, 2.75) is 13.3 Å². The molecule has 0 saturated carbocycles. The topological polar surface area (TPSA) is 50.1 Å². The van der Waals surface area contributed by atoms with E-state index in [0.29, 0.717) is 17.5 Å². The predicted octanol–water partition coefficient (Wildman–Crippen LogP) is 2.56. The SMILES string of the molecule is CCc1cc(C(=O)OC)cc(Cl)c1C#N. The number of hydrogen-bond donors (Lipinski definition) is 0. The minimum Gasteiger partial charge on any atom is -0.465 e. The van der Waals surface area contributed by atoms with Gasteiger partial charge in [-0.15, -0.1) is 0 Å². The van der Waals surface area contributed by atoms with Crippen molar-refractivity contribution in [1.29, 1.82) is 5.26 Å². The summed E-state index contributed by atoms with van der Waals surface area (Å²) in [5.41, 5.74) is 1.55. The Morgan fingerprint density at radius 3 is 2.73 bits per heavy atom. The molecule has 0 radical (unpaired) electrons. The summed E-state index contributed by atoms with van der Waals surface area (Å²) in [5, 5.41) is 9.16. The first-order chi connectivity index (χ1) is 7.13. The van der Waals surface area contributed by atoms with Crippen LogP contribution in [-0.2, 0) is 11.2 Å². The molecule has 0 N–H and O–H groups in total. The molecule has 1 aromatic rings. The van der Waals surface area contributed by atoms with Crippen molar-refractivity contribution in [3.05, 3.63) is 33.8 Å². The Balaban J connectivity index is 3.33. The third kappa shape index (κ3) is 2.28. The zero-order chi connectivity index (χ0) is 11.4. The first-order valence-electron chi connectivity index (χ1n) is 4.44. The molecule has 1 aromatic carbocycles. The zero-order valence-corrected chi connectivity index (χ0v) is 9.26. The lowest BCUT2D eigenvalue weighted by atomic mass is 10.0. The van der Waals surface area contributed by atoms with Crippen molar-refractivity contribution in [3.8, 4) is 6.07 Å². The van der Waals surface area contributed by atoms with Gasteiger partial charge in [0.05, 0.1) is 23.3 Å². The number of aryl methyl sites for hydroxylation is 1. The van der Waals surface area contributed by atoms with E-state index in [4.69, 9.17) is 16.9 Å². The highest BCUT2D eigenvalue weighted by Crippen LogP contribution is 2.22. The average Bonchev–Trinajstić information content (AvgIpc) is 2.26. The number of carbonyl (C=O) groups is 1. The molecule has 4 heteroatoms. The largest absolute Gasteiger partial charge is 0.465 e. The lowest BCUT2D eigenvalue weighted by Gasteiger charge is -2.06. The minimum absolute atomic E-state index is 0.289. The van der Waals surface area contributed by atoms with E-state index in [2.05, 4.69) is 4.74 Å². The van der Waals surface area contributed by atoms with Crippen molar-refractivity contribution in [1.82, 2.24) is 0 Å². The molecular weight excluding hydrogens is 214 g/mol. The van der Waals surface area contributed by atoms with Gasteiger partial charge >= 0.3 is 5.97 Å². The van der Waals surface area contributed by atoms with E-state index in [-0.39, 0.29) is 5.02 Å². The van der Waals surface area contributed by atoms with Crippen LogP contribution in [0.15, 0.2) is 12.1 Å². The van der Waals surface area contributed by atoms with Crippen molar-refractivity contribution >= 4 is 17.6 Å². The number of esters is 1. The van der Waals surface area contributed by atoms with Crippen LogP contribution in [0.5, 0.6) is 0 Å². The van der Waals surface area contributed by atoms with Crippen molar-refractivity contribution in [3.63, 3.8) is 0 Å². The molecule has 78 valence electrons. The van der Waals surface area contributed by atoms with E-state index < -0.39 is 5.97 Å². The van der Waals surface area contributed by atoms with Gasteiger partial charge in [-0.25, -0.2) is 4.79 Å². The van der Waals surface area contributed by atoms with Gasteiger partial charge in [0.25, 0.3) is 0 Å². The smallest absolute Gasteiger partial charge is 0.337 e. The van der Waals surface area contributed by atoms with Crippen LogP contribution in [0.2, 0.25) is 5.02 Å². The first kappa shape index (κ1) is 11.5. The zero-order valence-electron chi connectivity index (χ0n) is 8.50. The molecule has 0 heterocycles. The highest BCUT2D eigenvalue weighted by atomic mass is 35.5. The van der Waals surface area contributed by atoms with E-state index in [1.54, 1.807) is 6.07 Å². The lowest BCUT2D eigenvalue weighted by molar-refractivity contribution is 0.0600. The monoisotopic (exact) mass is 223 g/mol. The number of rotatable bonds is 2. The van der Waals surface area contributed by atoms with E-state index >= 15 is 0 Å². The second-order valence-corrected chi connectivity index (χ2v) is 3.36. The maximum Gasteiger partial charge on any atom is 0.337 e. The molecule has 0 aliphatic rings. The third-order valence-corrected chi connectivity index (χ3v) is 2.38. The highest BCUT2D eigenvalue weighted by Gasteiger charge is 2.12. The molecule has 0 aromatic heterocycles. The van der Waals surface area contributed by atoms with Crippen LogP contribution < -0.4 is 0 Å². The van der Waals surface area contributed by atoms with Crippen molar-refractivity contribution < 1.29 is 9.53 Å². The molecular formula is C11H10ClNO2. The second kappa shape index (κ2) is 4.81. The fourth-order valence-corrected chi connectivity index (χ4v) is 1.58. The molecule has 0 spiro atoms. The van der Waals surface area contributed by atoms with Gasteiger partial charge in [0.1, 0.15) is 6.07 Å². The maximum atomic E-state index is 11.3. The van der Waals surface area contributed by atoms with Crippen LogP contribution in [0, 0.1) is 11.3 Å². The third-order valence-electron chi connectivity index (χ3n) is 2.09. The van der Waals surface area contributed by atoms with Gasteiger partial charge in [-0.05, 0) is 24.1 Å². The van der Waals surface area contributed by atoms with Gasteiger partial charge in [0.15, 0.2) is 0 Å². The standard InChI is InChI=1S/C11H10ClNO2/c1-3-7-4-8(11(14)15-2)5-10(12)9(7)6-13/h4-5H,3H2,1-2H3. The Morgan fingerprint density at radius 1 is 1.60 bits per heavy atom. The molecule has 0 saturated heterocycles. The number of carbonyl (C=O) groups excluding carboxylic acids is 1. The summed E-state index contributed by atoms with van der Waals surface area (Å²) in [6.45, 7) is 1.90. The van der Waals surface area contributed by atoms with Gasteiger partial charge < -0.3 is 4.74 Å². The minimum atomic E-state index is -0.448. The number of nitriles is 1. The van der Waals surface area contributed by atoms with E-state index in [1.165, 1.54) is 13.2 Å². The number of ether oxygens (including phenoxy) is 1. The molecule has 0 aliphatic carbocycles. The summed E-state index contributed by atoms with van der Waals surface area (Å²) in [6, 6.07) is 5.10. The summed E-state index contributed by atoms with van der Waals surface area (Å²) in [6.07, 6.45) is 0.646. The van der Waals surface area contributed by atoms with Gasteiger partial charge in [-0.2, -0.15) is 5.26 Å². The summed E-state index contributed by atoms with van der Waals surface area (Å²) in [4.78, 5) is 11.3. The fourth-order valence-electron chi connectivity index (χ4n) is 1.30. The Labute approximate surface area is 93.2 Å². The summed E-state index contributed by atoms with van der Waals surface area (Å²) < 4.78 is 4.58. The Kier molecular flexibility index (Phi) is 3.70. The average molecular weight is 224 g/mol. The number of hydrogen-bond acceptors (Lipinski definition) is 3. The molecule has 15 heavy (non-hydrogen) atoms. The van der Waals surface area contributed by atoms with Crippen LogP contribution in [0.1, 0.15) is 28.4 Å².